The highest BCUT2D eigenvalue weighted by Gasteiger charge is 2.24. The fraction of sp³-hybridized carbons (Fsp3) is 0.125. The van der Waals surface area contributed by atoms with Crippen molar-refractivity contribution in [2.75, 3.05) is 4.72 Å². The van der Waals surface area contributed by atoms with Crippen LogP contribution in [0.3, 0.4) is 0 Å². The SMILES string of the molecule is Cc1noc(NS(=O)(=O)c2ccccc2-c2ccc(-c3ncco3)cc2Cn2cccn2)c1C. The van der Waals surface area contributed by atoms with Crippen LogP contribution in [0, 0.1) is 13.8 Å². The molecule has 0 atom stereocenters. The maximum absolute atomic E-state index is 13.4. The van der Waals surface area contributed by atoms with Crippen molar-refractivity contribution in [3.8, 4) is 22.6 Å². The van der Waals surface area contributed by atoms with Gasteiger partial charge in [-0.1, -0.05) is 29.4 Å². The average Bonchev–Trinajstić information content (AvgIpc) is 3.60. The summed E-state index contributed by atoms with van der Waals surface area (Å²) in [6, 6.07) is 14.3. The summed E-state index contributed by atoms with van der Waals surface area (Å²) < 4.78 is 41.7. The molecule has 172 valence electrons. The molecular formula is C24H21N5O4S. The van der Waals surface area contributed by atoms with E-state index in [1.54, 1.807) is 55.2 Å². The first kappa shape index (κ1) is 21.7. The molecule has 9 nitrogen and oxygen atoms in total. The van der Waals surface area contributed by atoms with Crippen LogP contribution in [0.1, 0.15) is 16.8 Å². The van der Waals surface area contributed by atoms with E-state index in [9.17, 15) is 8.42 Å². The van der Waals surface area contributed by atoms with E-state index in [2.05, 4.69) is 20.0 Å². The summed E-state index contributed by atoms with van der Waals surface area (Å²) in [5.41, 5.74) is 4.18. The van der Waals surface area contributed by atoms with Crippen LogP contribution in [0.15, 0.2) is 87.2 Å². The van der Waals surface area contributed by atoms with Crippen LogP contribution in [-0.2, 0) is 16.6 Å². The molecule has 34 heavy (non-hydrogen) atoms. The number of anilines is 1. The van der Waals surface area contributed by atoms with Gasteiger partial charge in [-0.3, -0.25) is 4.68 Å². The quantitative estimate of drug-likeness (QED) is 0.364. The van der Waals surface area contributed by atoms with Crippen LogP contribution < -0.4 is 4.72 Å². The van der Waals surface area contributed by atoms with Gasteiger partial charge in [-0.05, 0) is 49.2 Å². The van der Waals surface area contributed by atoms with Gasteiger partial charge in [0.2, 0.25) is 11.8 Å². The first-order chi connectivity index (χ1) is 16.4. The topological polar surface area (TPSA) is 116 Å². The van der Waals surface area contributed by atoms with Crippen molar-refractivity contribution < 1.29 is 17.4 Å². The lowest BCUT2D eigenvalue weighted by Crippen LogP contribution is -2.14. The van der Waals surface area contributed by atoms with Gasteiger partial charge in [-0.15, -0.1) is 0 Å². The maximum Gasteiger partial charge on any atom is 0.264 e. The molecule has 0 fully saturated rings. The van der Waals surface area contributed by atoms with Crippen LogP contribution >= 0.6 is 0 Å². The van der Waals surface area contributed by atoms with Gasteiger partial charge < -0.3 is 8.94 Å². The lowest BCUT2D eigenvalue weighted by molar-refractivity contribution is 0.430. The number of hydrogen-bond acceptors (Lipinski definition) is 7. The molecule has 0 unspecified atom stereocenters. The van der Waals surface area contributed by atoms with Crippen molar-refractivity contribution in [2.24, 2.45) is 0 Å². The molecule has 0 aliphatic heterocycles. The fourth-order valence-electron chi connectivity index (χ4n) is 3.67. The lowest BCUT2D eigenvalue weighted by Gasteiger charge is -2.16. The zero-order chi connectivity index (χ0) is 23.7. The molecule has 1 N–H and O–H groups in total. The molecule has 5 rings (SSSR count). The van der Waals surface area contributed by atoms with Crippen molar-refractivity contribution in [1.82, 2.24) is 19.9 Å². The van der Waals surface area contributed by atoms with Gasteiger partial charge in [-0.2, -0.15) is 5.10 Å². The minimum Gasteiger partial charge on any atom is -0.445 e. The second-order valence-electron chi connectivity index (χ2n) is 7.74. The van der Waals surface area contributed by atoms with Gasteiger partial charge >= 0.3 is 0 Å². The zero-order valence-corrected chi connectivity index (χ0v) is 19.3. The minimum atomic E-state index is -3.97. The molecule has 0 saturated carbocycles. The second kappa shape index (κ2) is 8.64. The number of benzene rings is 2. The third-order valence-electron chi connectivity index (χ3n) is 5.53. The third kappa shape index (κ3) is 4.11. The number of sulfonamides is 1. The number of aryl methyl sites for hydroxylation is 1. The van der Waals surface area contributed by atoms with Crippen molar-refractivity contribution in [3.63, 3.8) is 0 Å². The third-order valence-corrected chi connectivity index (χ3v) is 6.92. The van der Waals surface area contributed by atoms with Gasteiger partial charge in [0.1, 0.15) is 6.26 Å². The molecule has 0 aliphatic carbocycles. The highest BCUT2D eigenvalue weighted by molar-refractivity contribution is 7.92. The summed E-state index contributed by atoms with van der Waals surface area (Å²) >= 11 is 0. The van der Waals surface area contributed by atoms with Crippen LogP contribution in [-0.4, -0.2) is 28.3 Å². The highest BCUT2D eigenvalue weighted by atomic mass is 32.2. The Bertz CT molecular complexity index is 1540. The van der Waals surface area contributed by atoms with E-state index in [4.69, 9.17) is 8.94 Å². The Kier molecular flexibility index (Phi) is 5.50. The van der Waals surface area contributed by atoms with Crippen LogP contribution in [0.25, 0.3) is 22.6 Å². The lowest BCUT2D eigenvalue weighted by atomic mass is 9.97. The standard InChI is InChI=1S/C24H21N5O4S/c1-16-17(2)27-33-23(16)28-34(30,31)22-7-4-3-6-21(22)20-9-8-18(24-25-11-13-32-24)14-19(20)15-29-12-5-10-26-29/h3-14,28H,15H2,1-2H3. The summed E-state index contributed by atoms with van der Waals surface area (Å²) in [7, 11) is -3.97. The Morgan fingerprint density at radius 3 is 2.59 bits per heavy atom. The Balaban J connectivity index is 1.62. The normalized spacial score (nSPS) is 11.6. The van der Waals surface area contributed by atoms with Gasteiger partial charge in [0.25, 0.3) is 10.0 Å². The number of aromatic nitrogens is 4. The molecule has 2 aromatic carbocycles. The summed E-state index contributed by atoms with van der Waals surface area (Å²) in [6.07, 6.45) is 6.64. The predicted octanol–water partition coefficient (Wildman–Crippen LogP) is 4.66. The molecule has 0 spiro atoms. The smallest absolute Gasteiger partial charge is 0.264 e. The van der Waals surface area contributed by atoms with Crippen molar-refractivity contribution in [2.45, 2.75) is 25.3 Å². The maximum atomic E-state index is 13.4. The number of nitrogens with one attached hydrogen (secondary N) is 1. The molecule has 0 radical (unpaired) electrons. The summed E-state index contributed by atoms with van der Waals surface area (Å²) in [5.74, 6) is 0.579. The zero-order valence-electron chi connectivity index (χ0n) is 18.5. The molecular weight excluding hydrogens is 454 g/mol. The van der Waals surface area contributed by atoms with Crippen LogP contribution in [0.4, 0.5) is 5.88 Å². The largest absolute Gasteiger partial charge is 0.445 e. The van der Waals surface area contributed by atoms with Gasteiger partial charge in [0, 0.05) is 29.1 Å². The molecule has 10 heteroatoms. The minimum absolute atomic E-state index is 0.100. The average molecular weight is 476 g/mol. The molecule has 0 bridgehead atoms. The summed E-state index contributed by atoms with van der Waals surface area (Å²) in [5, 5.41) is 8.14. The Morgan fingerprint density at radius 1 is 1.03 bits per heavy atom. The molecule has 5 aromatic rings. The molecule has 0 saturated heterocycles. The summed E-state index contributed by atoms with van der Waals surface area (Å²) in [4.78, 5) is 4.35. The molecule has 3 heterocycles. The molecule has 0 aliphatic rings. The number of oxazole rings is 1. The Labute approximate surface area is 196 Å². The second-order valence-corrected chi connectivity index (χ2v) is 9.39. The highest BCUT2D eigenvalue weighted by Crippen LogP contribution is 2.34. The first-order valence-corrected chi connectivity index (χ1v) is 12.0. The van der Waals surface area contributed by atoms with E-state index in [0.717, 1.165) is 16.7 Å². The van der Waals surface area contributed by atoms with E-state index >= 15 is 0 Å². The van der Waals surface area contributed by atoms with E-state index in [1.807, 2.05) is 30.5 Å². The number of hydrogen-bond donors (Lipinski definition) is 1. The summed E-state index contributed by atoms with van der Waals surface area (Å²) in [6.45, 7) is 3.93. The van der Waals surface area contributed by atoms with E-state index < -0.39 is 10.0 Å². The molecule has 3 aromatic heterocycles. The van der Waals surface area contributed by atoms with Crippen LogP contribution in [0.5, 0.6) is 0 Å². The number of rotatable bonds is 7. The fourth-order valence-corrected chi connectivity index (χ4v) is 4.94. The first-order valence-electron chi connectivity index (χ1n) is 10.5. The van der Waals surface area contributed by atoms with E-state index in [0.29, 0.717) is 29.3 Å². The Hall–Kier alpha value is -4.18. The van der Waals surface area contributed by atoms with Gasteiger partial charge in [0.05, 0.1) is 23.3 Å². The van der Waals surface area contributed by atoms with E-state index in [-0.39, 0.29) is 10.8 Å². The van der Waals surface area contributed by atoms with E-state index in [1.165, 1.54) is 6.26 Å². The van der Waals surface area contributed by atoms with Gasteiger partial charge in [-0.25, -0.2) is 18.1 Å². The monoisotopic (exact) mass is 475 g/mol. The van der Waals surface area contributed by atoms with Crippen molar-refractivity contribution >= 4 is 15.9 Å². The van der Waals surface area contributed by atoms with Crippen molar-refractivity contribution in [3.05, 3.63) is 90.2 Å². The molecule has 0 amide bonds. The number of nitrogens with zero attached hydrogens (tertiary/aromatic N) is 4. The Morgan fingerprint density at radius 2 is 1.88 bits per heavy atom. The van der Waals surface area contributed by atoms with Crippen molar-refractivity contribution in [1.29, 1.82) is 0 Å². The predicted molar refractivity (Wildman–Crippen MR) is 125 cm³/mol. The van der Waals surface area contributed by atoms with Crippen LogP contribution in [0.2, 0.25) is 0 Å². The van der Waals surface area contributed by atoms with Gasteiger partial charge in [0.15, 0.2) is 0 Å².